The van der Waals surface area contributed by atoms with E-state index >= 15 is 0 Å². The lowest BCUT2D eigenvalue weighted by molar-refractivity contribution is 0.0635. The van der Waals surface area contributed by atoms with Gasteiger partial charge in [0.1, 0.15) is 11.7 Å². The molecule has 0 aliphatic carbocycles. The zero-order chi connectivity index (χ0) is 11.3. The quantitative estimate of drug-likeness (QED) is 0.543. The fourth-order valence-electron chi connectivity index (χ4n) is 1.12. The maximum Gasteiger partial charge on any atom is 0.198 e. The van der Waals surface area contributed by atoms with Crippen LogP contribution in [0.25, 0.3) is 6.08 Å². The van der Waals surface area contributed by atoms with Gasteiger partial charge in [-0.05, 0) is 32.4 Å². The van der Waals surface area contributed by atoms with Gasteiger partial charge in [-0.3, -0.25) is 0 Å². The van der Waals surface area contributed by atoms with Crippen molar-refractivity contribution in [3.8, 4) is 6.07 Å². The maximum atomic E-state index is 8.91. The lowest BCUT2D eigenvalue weighted by Crippen LogP contribution is -2.18. The minimum atomic E-state index is -0.337. The summed E-state index contributed by atoms with van der Waals surface area (Å²) in [5.74, 6) is 0.341. The first-order valence-corrected chi connectivity index (χ1v) is 4.87. The third-order valence-corrected chi connectivity index (χ3v) is 1.62. The van der Waals surface area contributed by atoms with Gasteiger partial charge in [-0.25, -0.2) is 0 Å². The van der Waals surface area contributed by atoms with Crippen LogP contribution in [0.5, 0.6) is 0 Å². The van der Waals surface area contributed by atoms with E-state index in [0.29, 0.717) is 5.76 Å². The zero-order valence-electron chi connectivity index (χ0n) is 9.32. The second kappa shape index (κ2) is 4.65. The van der Waals surface area contributed by atoms with E-state index in [1.54, 1.807) is 6.08 Å². The molecule has 2 heteroatoms. The topological polar surface area (TPSA) is 33.0 Å². The van der Waals surface area contributed by atoms with E-state index in [-0.39, 0.29) is 5.60 Å². The average molecular weight is 201 g/mol. The van der Waals surface area contributed by atoms with E-state index in [0.717, 1.165) is 5.56 Å². The Balaban J connectivity index is 2.85. The largest absolute Gasteiger partial charge is 0.478 e. The standard InChI is InChI=1S/C13H15NO/c1-13(2,3)15-12(10-14)9-11-7-5-4-6-8-11/h4-9H,1-3H3. The number of allylic oxidation sites excluding steroid dienone is 1. The van der Waals surface area contributed by atoms with Gasteiger partial charge in [0.2, 0.25) is 0 Å². The van der Waals surface area contributed by atoms with Crippen LogP contribution in [-0.2, 0) is 4.74 Å². The Bertz CT molecular complexity index is 379. The summed E-state index contributed by atoms with van der Waals surface area (Å²) in [7, 11) is 0. The van der Waals surface area contributed by atoms with Crippen LogP contribution in [0.1, 0.15) is 26.3 Å². The Morgan fingerprint density at radius 1 is 1.27 bits per heavy atom. The van der Waals surface area contributed by atoms with Gasteiger partial charge >= 0.3 is 0 Å². The molecule has 0 aliphatic rings. The van der Waals surface area contributed by atoms with Gasteiger partial charge in [0.25, 0.3) is 0 Å². The highest BCUT2D eigenvalue weighted by molar-refractivity contribution is 5.54. The predicted molar refractivity (Wildman–Crippen MR) is 60.9 cm³/mol. The molecule has 0 unspecified atom stereocenters. The van der Waals surface area contributed by atoms with Crippen LogP contribution in [0.3, 0.4) is 0 Å². The van der Waals surface area contributed by atoms with E-state index in [1.165, 1.54) is 0 Å². The Kier molecular flexibility index (Phi) is 3.51. The number of ether oxygens (including phenoxy) is 1. The summed E-state index contributed by atoms with van der Waals surface area (Å²) in [6, 6.07) is 11.7. The van der Waals surface area contributed by atoms with Crippen molar-refractivity contribution in [3.63, 3.8) is 0 Å². The van der Waals surface area contributed by atoms with Gasteiger partial charge in [0.15, 0.2) is 5.76 Å². The first kappa shape index (κ1) is 11.3. The van der Waals surface area contributed by atoms with Gasteiger partial charge in [-0.2, -0.15) is 5.26 Å². The summed E-state index contributed by atoms with van der Waals surface area (Å²) in [4.78, 5) is 0. The van der Waals surface area contributed by atoms with Crippen molar-refractivity contribution in [1.29, 1.82) is 5.26 Å². The summed E-state index contributed by atoms with van der Waals surface area (Å²) in [5, 5.41) is 8.91. The molecule has 0 saturated heterocycles. The van der Waals surface area contributed by atoms with E-state index in [1.807, 2.05) is 57.2 Å². The molecular formula is C13H15NO. The average Bonchev–Trinajstić information content (AvgIpc) is 2.16. The lowest BCUT2D eigenvalue weighted by Gasteiger charge is -2.19. The van der Waals surface area contributed by atoms with Crippen LogP contribution >= 0.6 is 0 Å². The highest BCUT2D eigenvalue weighted by atomic mass is 16.5. The van der Waals surface area contributed by atoms with Crippen molar-refractivity contribution >= 4 is 6.08 Å². The highest BCUT2D eigenvalue weighted by Gasteiger charge is 2.13. The van der Waals surface area contributed by atoms with Gasteiger partial charge in [0.05, 0.1) is 0 Å². The molecule has 0 aromatic heterocycles. The smallest absolute Gasteiger partial charge is 0.198 e. The van der Waals surface area contributed by atoms with Gasteiger partial charge in [-0.1, -0.05) is 30.3 Å². The van der Waals surface area contributed by atoms with E-state index in [2.05, 4.69) is 0 Å². The molecule has 1 rings (SSSR count). The molecule has 78 valence electrons. The molecule has 0 fully saturated rings. The third kappa shape index (κ3) is 4.33. The minimum Gasteiger partial charge on any atom is -0.478 e. The Hall–Kier alpha value is -1.75. The Labute approximate surface area is 90.8 Å². The molecule has 1 aromatic carbocycles. The molecule has 0 amide bonds. The summed E-state index contributed by atoms with van der Waals surface area (Å²) < 4.78 is 5.49. The van der Waals surface area contributed by atoms with Gasteiger partial charge < -0.3 is 4.74 Å². The molecule has 15 heavy (non-hydrogen) atoms. The molecule has 0 saturated carbocycles. The fourth-order valence-corrected chi connectivity index (χ4v) is 1.12. The number of hydrogen-bond acceptors (Lipinski definition) is 2. The van der Waals surface area contributed by atoms with Gasteiger partial charge in [0, 0.05) is 0 Å². The van der Waals surface area contributed by atoms with E-state index in [4.69, 9.17) is 10.00 Å². The highest BCUT2D eigenvalue weighted by Crippen LogP contribution is 2.15. The maximum absolute atomic E-state index is 8.91. The SMILES string of the molecule is CC(C)(C)OC(C#N)=Cc1ccccc1. The van der Waals surface area contributed by atoms with Crippen LogP contribution < -0.4 is 0 Å². The molecule has 0 spiro atoms. The third-order valence-electron chi connectivity index (χ3n) is 1.62. The van der Waals surface area contributed by atoms with E-state index in [9.17, 15) is 0 Å². The number of rotatable bonds is 2. The van der Waals surface area contributed by atoms with Crippen LogP contribution in [0.15, 0.2) is 36.1 Å². The molecule has 0 radical (unpaired) electrons. The van der Waals surface area contributed by atoms with Crippen molar-refractivity contribution in [2.45, 2.75) is 26.4 Å². The van der Waals surface area contributed by atoms with Crippen LogP contribution in [0.4, 0.5) is 0 Å². The summed E-state index contributed by atoms with van der Waals surface area (Å²) in [6.07, 6.45) is 1.74. The monoisotopic (exact) mass is 201 g/mol. The minimum absolute atomic E-state index is 0.337. The zero-order valence-corrected chi connectivity index (χ0v) is 9.32. The molecule has 0 heterocycles. The predicted octanol–water partition coefficient (Wildman–Crippen LogP) is 3.37. The second-order valence-corrected chi connectivity index (χ2v) is 4.25. The lowest BCUT2D eigenvalue weighted by atomic mass is 10.1. The van der Waals surface area contributed by atoms with Crippen LogP contribution in [0, 0.1) is 11.3 Å². The Morgan fingerprint density at radius 2 is 1.87 bits per heavy atom. The molecule has 1 aromatic rings. The van der Waals surface area contributed by atoms with Crippen LogP contribution in [-0.4, -0.2) is 5.60 Å². The van der Waals surface area contributed by atoms with E-state index < -0.39 is 0 Å². The molecule has 0 N–H and O–H groups in total. The second-order valence-electron chi connectivity index (χ2n) is 4.25. The van der Waals surface area contributed by atoms with Crippen molar-refractivity contribution in [2.24, 2.45) is 0 Å². The fraction of sp³-hybridized carbons (Fsp3) is 0.308. The summed E-state index contributed by atoms with van der Waals surface area (Å²) in [5.41, 5.74) is 0.634. The van der Waals surface area contributed by atoms with Crippen molar-refractivity contribution in [1.82, 2.24) is 0 Å². The number of hydrogen-bond donors (Lipinski definition) is 0. The summed E-state index contributed by atoms with van der Waals surface area (Å²) in [6.45, 7) is 5.76. The molecule has 0 bridgehead atoms. The van der Waals surface area contributed by atoms with Crippen molar-refractivity contribution in [2.75, 3.05) is 0 Å². The first-order valence-electron chi connectivity index (χ1n) is 4.87. The van der Waals surface area contributed by atoms with Crippen molar-refractivity contribution < 1.29 is 4.74 Å². The van der Waals surface area contributed by atoms with Gasteiger partial charge in [-0.15, -0.1) is 0 Å². The molecule has 0 aliphatic heterocycles. The molecule has 2 nitrogen and oxygen atoms in total. The summed E-state index contributed by atoms with van der Waals surface area (Å²) >= 11 is 0. The number of nitrogens with zero attached hydrogens (tertiary/aromatic N) is 1. The number of benzene rings is 1. The van der Waals surface area contributed by atoms with Crippen molar-refractivity contribution in [3.05, 3.63) is 41.7 Å². The molecule has 0 atom stereocenters. The first-order chi connectivity index (χ1) is 7.01. The number of nitriles is 1. The van der Waals surface area contributed by atoms with Crippen LogP contribution in [0.2, 0.25) is 0 Å². The Morgan fingerprint density at radius 3 is 2.33 bits per heavy atom. The normalized spacial score (nSPS) is 12.0. The molecular weight excluding hydrogens is 186 g/mol.